The zero-order valence-corrected chi connectivity index (χ0v) is 17.6. The Kier molecular flexibility index (Phi) is 7.39. The highest BCUT2D eigenvalue weighted by molar-refractivity contribution is 6.32. The molecule has 158 valence electrons. The van der Waals surface area contributed by atoms with E-state index in [4.69, 9.17) is 25.8 Å². The van der Waals surface area contributed by atoms with Crippen molar-refractivity contribution in [1.29, 1.82) is 0 Å². The van der Waals surface area contributed by atoms with Crippen molar-refractivity contribution >= 4 is 29.5 Å². The number of benzene rings is 1. The number of ether oxygens (including phenoxy) is 3. The molecule has 2 aliphatic heterocycles. The maximum Gasteiger partial charge on any atom is 0.246 e. The lowest BCUT2D eigenvalue weighted by Crippen LogP contribution is -2.47. The maximum absolute atomic E-state index is 12.6. The van der Waals surface area contributed by atoms with Gasteiger partial charge in [-0.1, -0.05) is 11.6 Å². The number of rotatable bonds is 5. The zero-order chi connectivity index (χ0) is 20.8. The second-order valence-electron chi connectivity index (χ2n) is 7.11. The lowest BCUT2D eigenvalue weighted by Gasteiger charge is -2.35. The smallest absolute Gasteiger partial charge is 0.246 e. The van der Waals surface area contributed by atoms with E-state index in [1.807, 2.05) is 4.90 Å². The highest BCUT2D eigenvalue weighted by Gasteiger charge is 2.30. The summed E-state index contributed by atoms with van der Waals surface area (Å²) in [6.07, 6.45) is 4.62. The number of piperidine rings is 1. The van der Waals surface area contributed by atoms with E-state index in [0.717, 1.165) is 5.56 Å². The quantitative estimate of drug-likeness (QED) is 0.682. The molecule has 0 bridgehead atoms. The summed E-state index contributed by atoms with van der Waals surface area (Å²) in [5, 5.41) is 0.418. The fourth-order valence-corrected chi connectivity index (χ4v) is 3.99. The molecule has 0 atom stereocenters. The summed E-state index contributed by atoms with van der Waals surface area (Å²) in [6.45, 7) is 3.69. The molecule has 2 amide bonds. The third kappa shape index (κ3) is 5.22. The Morgan fingerprint density at radius 2 is 1.76 bits per heavy atom. The molecule has 29 heavy (non-hydrogen) atoms. The zero-order valence-electron chi connectivity index (χ0n) is 16.9. The number of hydrogen-bond donors (Lipinski definition) is 0. The number of carbonyl (C=O) groups excluding carboxylic acids is 2. The average Bonchev–Trinajstić information content (AvgIpc) is 2.77. The fourth-order valence-electron chi connectivity index (χ4n) is 3.70. The van der Waals surface area contributed by atoms with Crippen molar-refractivity contribution in [1.82, 2.24) is 9.80 Å². The van der Waals surface area contributed by atoms with Gasteiger partial charge in [0.2, 0.25) is 11.8 Å². The monoisotopic (exact) mass is 422 g/mol. The molecule has 1 aromatic carbocycles. The van der Waals surface area contributed by atoms with Gasteiger partial charge in [0.15, 0.2) is 11.5 Å². The van der Waals surface area contributed by atoms with E-state index in [9.17, 15) is 9.59 Å². The number of likely N-dealkylation sites (tertiary alicyclic amines) is 1. The van der Waals surface area contributed by atoms with Gasteiger partial charge in [-0.2, -0.15) is 0 Å². The summed E-state index contributed by atoms with van der Waals surface area (Å²) in [7, 11) is 3.06. The van der Waals surface area contributed by atoms with E-state index in [1.165, 1.54) is 20.3 Å². The lowest BCUT2D eigenvalue weighted by atomic mass is 9.95. The summed E-state index contributed by atoms with van der Waals surface area (Å²) >= 11 is 6.21. The second-order valence-corrected chi connectivity index (χ2v) is 7.52. The third-order valence-electron chi connectivity index (χ3n) is 5.35. The van der Waals surface area contributed by atoms with Gasteiger partial charge in [-0.3, -0.25) is 9.59 Å². The first kappa shape index (κ1) is 21.5. The van der Waals surface area contributed by atoms with Crippen LogP contribution in [0.5, 0.6) is 11.5 Å². The highest BCUT2D eigenvalue weighted by atomic mass is 35.5. The Balaban J connectivity index is 1.55. The standard InChI is InChI=1S/C21H27ClN2O5/c1-27-18-14-15(13-17(22)20(18)28-2)3-4-19(25)23-7-5-16(6-8-23)21(26)24-9-11-29-12-10-24/h3-4,13-14,16H,5-12H2,1-2H3/b4-3-. The van der Waals surface area contributed by atoms with Gasteiger partial charge >= 0.3 is 0 Å². The van der Waals surface area contributed by atoms with Crippen LogP contribution in [0, 0.1) is 5.92 Å². The van der Waals surface area contributed by atoms with Crippen molar-refractivity contribution in [2.24, 2.45) is 5.92 Å². The Hall–Kier alpha value is -2.25. The molecule has 1 aromatic rings. The van der Waals surface area contributed by atoms with Crippen LogP contribution in [-0.2, 0) is 14.3 Å². The van der Waals surface area contributed by atoms with Crippen molar-refractivity contribution in [3.63, 3.8) is 0 Å². The Morgan fingerprint density at radius 1 is 1.07 bits per heavy atom. The van der Waals surface area contributed by atoms with Crippen molar-refractivity contribution in [3.05, 3.63) is 28.8 Å². The molecule has 7 nitrogen and oxygen atoms in total. The minimum Gasteiger partial charge on any atom is -0.493 e. The molecule has 0 radical (unpaired) electrons. The first-order chi connectivity index (χ1) is 14.0. The molecule has 0 unspecified atom stereocenters. The number of carbonyl (C=O) groups is 2. The van der Waals surface area contributed by atoms with Gasteiger partial charge < -0.3 is 24.0 Å². The second kappa shape index (κ2) is 9.98. The maximum atomic E-state index is 12.6. The molecular weight excluding hydrogens is 396 g/mol. The van der Waals surface area contributed by atoms with E-state index in [0.29, 0.717) is 68.8 Å². The molecule has 2 fully saturated rings. The number of nitrogens with zero attached hydrogens (tertiary/aromatic N) is 2. The van der Waals surface area contributed by atoms with Crippen LogP contribution in [0.1, 0.15) is 18.4 Å². The van der Waals surface area contributed by atoms with Crippen molar-refractivity contribution in [2.45, 2.75) is 12.8 Å². The highest BCUT2D eigenvalue weighted by Crippen LogP contribution is 2.36. The molecule has 0 N–H and O–H groups in total. The molecule has 0 aliphatic carbocycles. The number of halogens is 1. The first-order valence-electron chi connectivity index (χ1n) is 9.78. The van der Waals surface area contributed by atoms with Gasteiger partial charge in [-0.25, -0.2) is 0 Å². The topological polar surface area (TPSA) is 68.3 Å². The third-order valence-corrected chi connectivity index (χ3v) is 5.63. The summed E-state index contributed by atoms with van der Waals surface area (Å²) in [6, 6.07) is 3.49. The fraction of sp³-hybridized carbons (Fsp3) is 0.524. The van der Waals surface area contributed by atoms with Gasteiger partial charge in [0.25, 0.3) is 0 Å². The lowest BCUT2D eigenvalue weighted by molar-refractivity contribution is -0.142. The Morgan fingerprint density at radius 3 is 2.38 bits per heavy atom. The van der Waals surface area contributed by atoms with Crippen molar-refractivity contribution < 1.29 is 23.8 Å². The van der Waals surface area contributed by atoms with E-state index in [2.05, 4.69) is 0 Å². The van der Waals surface area contributed by atoms with Crippen LogP contribution < -0.4 is 9.47 Å². The van der Waals surface area contributed by atoms with E-state index >= 15 is 0 Å². The predicted octanol–water partition coefficient (Wildman–Crippen LogP) is 2.47. The van der Waals surface area contributed by atoms with Crippen molar-refractivity contribution in [2.75, 3.05) is 53.6 Å². The van der Waals surface area contributed by atoms with Gasteiger partial charge in [-0.05, 0) is 36.6 Å². The normalized spacial score (nSPS) is 18.2. The molecule has 8 heteroatoms. The van der Waals surface area contributed by atoms with Gasteiger partial charge in [0, 0.05) is 38.2 Å². The minimum absolute atomic E-state index is 0.00853. The Bertz CT molecular complexity index is 769. The van der Waals surface area contributed by atoms with Crippen LogP contribution in [0.4, 0.5) is 0 Å². The summed E-state index contributed by atoms with van der Waals surface area (Å²) < 4.78 is 15.8. The molecule has 2 heterocycles. The van der Waals surface area contributed by atoms with Gasteiger partial charge in [0.1, 0.15) is 0 Å². The minimum atomic E-state index is -0.0758. The molecule has 2 saturated heterocycles. The van der Waals surface area contributed by atoms with Gasteiger partial charge in [-0.15, -0.1) is 0 Å². The Labute approximate surface area is 176 Å². The SMILES string of the molecule is COc1cc(/C=C\C(=O)N2CCC(C(=O)N3CCOCC3)CC2)cc(Cl)c1OC. The number of methoxy groups -OCH3 is 2. The van der Waals surface area contributed by atoms with Crippen LogP contribution in [0.25, 0.3) is 6.08 Å². The average molecular weight is 423 g/mol. The predicted molar refractivity (Wildman–Crippen MR) is 110 cm³/mol. The van der Waals surface area contributed by atoms with E-state index in [-0.39, 0.29) is 17.7 Å². The molecule has 0 saturated carbocycles. The molecule has 0 aromatic heterocycles. The van der Waals surface area contributed by atoms with Crippen LogP contribution >= 0.6 is 11.6 Å². The van der Waals surface area contributed by atoms with Crippen LogP contribution in [-0.4, -0.2) is 75.2 Å². The molecule has 3 rings (SSSR count). The molecule has 2 aliphatic rings. The van der Waals surface area contributed by atoms with E-state index < -0.39 is 0 Å². The first-order valence-corrected chi connectivity index (χ1v) is 10.2. The van der Waals surface area contributed by atoms with Crippen LogP contribution in [0.2, 0.25) is 5.02 Å². The number of hydrogen-bond acceptors (Lipinski definition) is 5. The summed E-state index contributed by atoms with van der Waals surface area (Å²) in [4.78, 5) is 28.8. The molecule has 0 spiro atoms. The molecular formula is C21H27ClN2O5. The summed E-state index contributed by atoms with van der Waals surface area (Å²) in [5.74, 6) is 1.08. The number of amides is 2. The summed E-state index contributed by atoms with van der Waals surface area (Å²) in [5.41, 5.74) is 0.749. The van der Waals surface area contributed by atoms with Crippen LogP contribution in [0.3, 0.4) is 0 Å². The largest absolute Gasteiger partial charge is 0.493 e. The van der Waals surface area contributed by atoms with Crippen LogP contribution in [0.15, 0.2) is 18.2 Å². The van der Waals surface area contributed by atoms with Crippen molar-refractivity contribution in [3.8, 4) is 11.5 Å². The van der Waals surface area contributed by atoms with Gasteiger partial charge in [0.05, 0.1) is 32.5 Å². The number of morpholine rings is 1. The van der Waals surface area contributed by atoms with E-state index in [1.54, 1.807) is 23.1 Å².